The Labute approximate surface area is 184 Å². The van der Waals surface area contributed by atoms with Crippen molar-refractivity contribution in [3.63, 3.8) is 0 Å². The Morgan fingerprint density at radius 1 is 1.11 bits per heavy atom. The van der Waals surface area contributed by atoms with Crippen LogP contribution in [-0.2, 0) is 0 Å². The number of fused-ring (bicyclic) bond motifs is 2. The molecule has 0 saturated carbocycles. The zero-order valence-corrected chi connectivity index (χ0v) is 18.3. The number of aromatic nitrogens is 1. The fraction of sp³-hybridized carbons (Fsp3) is 0. The minimum atomic E-state index is -0.914. The number of benzene rings is 2. The van der Waals surface area contributed by atoms with Crippen molar-refractivity contribution in [1.82, 2.24) is 4.98 Å². The Hall–Kier alpha value is -1.93. The number of rotatable bonds is 2. The third kappa shape index (κ3) is 3.43. The van der Waals surface area contributed by atoms with Gasteiger partial charge in [0.15, 0.2) is 11.3 Å². The predicted molar refractivity (Wildman–Crippen MR) is 115 cm³/mol. The number of pyridine rings is 1. The normalized spacial score (nSPS) is 11.1. The van der Waals surface area contributed by atoms with Gasteiger partial charge in [-0.05, 0) is 52.3 Å². The summed E-state index contributed by atoms with van der Waals surface area (Å²) in [4.78, 5) is 29.2. The Bertz CT molecular complexity index is 1340. The van der Waals surface area contributed by atoms with E-state index in [2.05, 4.69) is 36.8 Å². The minimum absolute atomic E-state index is 0.0154. The molecule has 0 N–H and O–H groups in total. The van der Waals surface area contributed by atoms with Gasteiger partial charge in [0.25, 0.3) is 0 Å². The first-order valence-electron chi connectivity index (χ1n) is 7.73. The van der Waals surface area contributed by atoms with Crippen molar-refractivity contribution in [2.24, 2.45) is 0 Å². The van der Waals surface area contributed by atoms with Gasteiger partial charge in [-0.15, -0.1) is 0 Å². The van der Waals surface area contributed by atoms with E-state index in [1.165, 1.54) is 18.3 Å². The highest BCUT2D eigenvalue weighted by Gasteiger charge is 2.21. The zero-order chi connectivity index (χ0) is 20.0. The highest BCUT2D eigenvalue weighted by molar-refractivity contribution is 9.11. The molecule has 0 unspecified atom stereocenters. The number of hydrogen-bond acceptors (Lipinski definition) is 5. The van der Waals surface area contributed by atoms with Gasteiger partial charge in [0, 0.05) is 21.4 Å². The molecule has 2 heterocycles. The lowest BCUT2D eigenvalue weighted by Crippen LogP contribution is -2.19. The van der Waals surface area contributed by atoms with E-state index in [9.17, 15) is 9.59 Å². The molecule has 0 atom stereocenters. The molecule has 0 fully saturated rings. The van der Waals surface area contributed by atoms with Gasteiger partial charge in [-0.1, -0.05) is 39.1 Å². The first-order chi connectivity index (χ1) is 13.3. The van der Waals surface area contributed by atoms with Gasteiger partial charge in [0.1, 0.15) is 11.1 Å². The molecule has 0 radical (unpaired) electrons. The summed E-state index contributed by atoms with van der Waals surface area (Å²) in [5.74, 6) is -0.899. The van der Waals surface area contributed by atoms with Crippen LogP contribution in [0, 0.1) is 0 Å². The smallest absolute Gasteiger partial charge is 0.351 e. The van der Waals surface area contributed by atoms with Crippen LogP contribution >= 0.6 is 55.1 Å². The second-order valence-corrected chi connectivity index (χ2v) is 8.30. The van der Waals surface area contributed by atoms with E-state index in [-0.39, 0.29) is 16.3 Å². The van der Waals surface area contributed by atoms with Crippen molar-refractivity contribution >= 4 is 82.9 Å². The van der Waals surface area contributed by atoms with Crippen LogP contribution in [0.4, 0.5) is 0 Å². The van der Waals surface area contributed by atoms with E-state index in [4.69, 9.17) is 32.4 Å². The van der Waals surface area contributed by atoms with Gasteiger partial charge in [0.2, 0.25) is 0 Å². The Balaban J connectivity index is 1.83. The van der Waals surface area contributed by atoms with E-state index < -0.39 is 11.6 Å². The van der Waals surface area contributed by atoms with Crippen LogP contribution < -0.4 is 10.4 Å². The molecule has 0 amide bonds. The summed E-state index contributed by atoms with van der Waals surface area (Å²) in [5, 5.41) is 1.57. The lowest BCUT2D eigenvalue weighted by atomic mass is 10.2. The molecule has 0 bridgehead atoms. The molecule has 4 aromatic rings. The average Bonchev–Trinajstić information content (AvgIpc) is 2.65. The first kappa shape index (κ1) is 19.4. The number of hydrogen-bond donors (Lipinski definition) is 0. The maximum atomic E-state index is 12.7. The van der Waals surface area contributed by atoms with Crippen LogP contribution in [0.1, 0.15) is 10.4 Å². The third-order valence-electron chi connectivity index (χ3n) is 3.92. The number of nitrogens with zero attached hydrogens (tertiary/aromatic N) is 1. The van der Waals surface area contributed by atoms with Crippen molar-refractivity contribution in [1.29, 1.82) is 0 Å². The highest BCUT2D eigenvalue weighted by atomic mass is 79.9. The fourth-order valence-corrected chi connectivity index (χ4v) is 4.58. The molecule has 4 rings (SSSR count). The molecule has 2 aromatic carbocycles. The molecular weight excluding hydrogens is 537 g/mol. The quantitative estimate of drug-likeness (QED) is 0.166. The molecule has 9 heteroatoms. The summed E-state index contributed by atoms with van der Waals surface area (Å²) < 4.78 is 12.0. The van der Waals surface area contributed by atoms with Crippen molar-refractivity contribution in [2.45, 2.75) is 0 Å². The van der Waals surface area contributed by atoms with Gasteiger partial charge < -0.3 is 9.15 Å². The van der Waals surface area contributed by atoms with Crippen LogP contribution in [0.15, 0.2) is 60.8 Å². The third-order valence-corrected chi connectivity index (χ3v) is 5.56. The minimum Gasteiger partial charge on any atom is -0.421 e. The van der Waals surface area contributed by atoms with Crippen molar-refractivity contribution in [3.05, 3.63) is 77.6 Å². The maximum absolute atomic E-state index is 12.7. The standard InChI is InChI=1S/C19H7Br2Cl2NO4/c20-9-4-8-5-11(18(25)27-16(8)12(21)6-9)19(26)28-17-14(23)7-13(22)10-2-1-3-24-15(10)17/h1-7H. The first-order valence-corrected chi connectivity index (χ1v) is 10.1. The topological polar surface area (TPSA) is 69.4 Å². The fourth-order valence-electron chi connectivity index (χ4n) is 2.69. The van der Waals surface area contributed by atoms with E-state index >= 15 is 0 Å². The van der Waals surface area contributed by atoms with E-state index in [1.807, 2.05) is 0 Å². The molecule has 0 aliphatic heterocycles. The molecule has 2 aromatic heterocycles. The van der Waals surface area contributed by atoms with E-state index in [1.54, 1.807) is 24.3 Å². The summed E-state index contributed by atoms with van der Waals surface area (Å²) in [6.45, 7) is 0. The lowest BCUT2D eigenvalue weighted by molar-refractivity contribution is 0.0732. The number of carbonyl (C=O) groups excluding carboxylic acids is 1. The molecule has 0 aliphatic rings. The van der Waals surface area contributed by atoms with Crippen LogP contribution in [0.2, 0.25) is 10.0 Å². The van der Waals surface area contributed by atoms with Crippen LogP contribution in [0.25, 0.3) is 21.9 Å². The molecule has 140 valence electrons. The van der Waals surface area contributed by atoms with Gasteiger partial charge in [-0.25, -0.2) is 9.59 Å². The Kier molecular flexibility index (Phi) is 5.18. The largest absolute Gasteiger partial charge is 0.421 e. The van der Waals surface area contributed by atoms with Crippen molar-refractivity contribution in [3.8, 4) is 5.75 Å². The summed E-state index contributed by atoms with van der Waals surface area (Å²) >= 11 is 19.1. The SMILES string of the molecule is O=C(Oc1c(Cl)cc(Cl)c2cccnc12)c1cc2cc(Br)cc(Br)c2oc1=O. The van der Waals surface area contributed by atoms with Crippen molar-refractivity contribution in [2.75, 3.05) is 0 Å². The Morgan fingerprint density at radius 2 is 1.89 bits per heavy atom. The molecule has 0 spiro atoms. The molecular formula is C19H7Br2Cl2NO4. The molecule has 0 saturated heterocycles. The van der Waals surface area contributed by atoms with Crippen LogP contribution in [0.5, 0.6) is 5.75 Å². The Morgan fingerprint density at radius 3 is 2.68 bits per heavy atom. The summed E-state index contributed by atoms with van der Waals surface area (Å²) in [6, 6.07) is 9.71. The predicted octanol–water partition coefficient (Wildman–Crippen LogP) is 6.39. The number of esters is 1. The second-order valence-electron chi connectivity index (χ2n) is 5.71. The zero-order valence-electron chi connectivity index (χ0n) is 13.6. The van der Waals surface area contributed by atoms with Gasteiger partial charge in [-0.3, -0.25) is 4.98 Å². The van der Waals surface area contributed by atoms with Gasteiger partial charge in [-0.2, -0.15) is 0 Å². The summed E-state index contributed by atoms with van der Waals surface area (Å²) in [5.41, 5.74) is -0.471. The lowest BCUT2D eigenvalue weighted by Gasteiger charge is -2.10. The number of carbonyl (C=O) groups is 1. The molecule has 5 nitrogen and oxygen atoms in total. The molecule has 28 heavy (non-hydrogen) atoms. The van der Waals surface area contributed by atoms with Gasteiger partial charge in [0.05, 0.1) is 14.5 Å². The van der Waals surface area contributed by atoms with E-state index in [0.717, 1.165) is 4.47 Å². The molecule has 0 aliphatic carbocycles. The average molecular weight is 544 g/mol. The monoisotopic (exact) mass is 541 g/mol. The van der Waals surface area contributed by atoms with Crippen LogP contribution in [0.3, 0.4) is 0 Å². The summed E-state index contributed by atoms with van der Waals surface area (Å²) in [7, 11) is 0. The van der Waals surface area contributed by atoms with Crippen molar-refractivity contribution < 1.29 is 13.9 Å². The van der Waals surface area contributed by atoms with Gasteiger partial charge >= 0.3 is 11.6 Å². The van der Waals surface area contributed by atoms with E-state index in [0.29, 0.717) is 31.4 Å². The summed E-state index contributed by atoms with van der Waals surface area (Å²) in [6.07, 6.45) is 1.52. The van der Waals surface area contributed by atoms with Crippen LogP contribution in [-0.4, -0.2) is 11.0 Å². The number of ether oxygens (including phenoxy) is 1. The second kappa shape index (κ2) is 7.48. The maximum Gasteiger partial charge on any atom is 0.351 e. The highest BCUT2D eigenvalue weighted by Crippen LogP contribution is 2.37. The number of halogens is 4.